The molecule has 4 nitrogen and oxygen atoms in total. The summed E-state index contributed by atoms with van der Waals surface area (Å²) in [6.07, 6.45) is 0. The minimum Gasteiger partial charge on any atom is -0.351 e. The fraction of sp³-hybridized carbons (Fsp3) is 0.130. The molecule has 2 N–H and O–H groups in total. The molecular weight excluding hydrogens is 387 g/mol. The third-order valence-electron chi connectivity index (χ3n) is 4.13. The Hall–Kier alpha value is -3.12. The zero-order chi connectivity index (χ0) is 20.5. The van der Waals surface area contributed by atoms with Crippen molar-refractivity contribution in [1.29, 1.82) is 0 Å². The molecule has 0 saturated carbocycles. The Bertz CT molecular complexity index is 962. The molecule has 0 fully saturated rings. The first-order valence-corrected chi connectivity index (χ1v) is 10.3. The lowest BCUT2D eigenvalue weighted by molar-refractivity contribution is 0.0954. The highest BCUT2D eigenvalue weighted by atomic mass is 32.2. The van der Waals surface area contributed by atoms with E-state index in [1.165, 1.54) is 29.8 Å². The Labute approximate surface area is 173 Å². The SMILES string of the molecule is O=C(NCCSCc1ccccc1)c1cccc(NC(=O)c2ccc(F)cc2)c1. The number of halogens is 1. The maximum absolute atomic E-state index is 13.0. The van der Waals surface area contributed by atoms with Gasteiger partial charge in [0, 0.05) is 34.9 Å². The van der Waals surface area contributed by atoms with Gasteiger partial charge in [-0.15, -0.1) is 0 Å². The van der Waals surface area contributed by atoms with Gasteiger partial charge < -0.3 is 10.6 Å². The predicted molar refractivity (Wildman–Crippen MR) is 116 cm³/mol. The van der Waals surface area contributed by atoms with Crippen LogP contribution in [0.25, 0.3) is 0 Å². The Kier molecular flexibility index (Phi) is 7.41. The van der Waals surface area contributed by atoms with E-state index in [9.17, 15) is 14.0 Å². The van der Waals surface area contributed by atoms with E-state index in [0.29, 0.717) is 23.4 Å². The van der Waals surface area contributed by atoms with Crippen molar-refractivity contribution in [2.24, 2.45) is 0 Å². The Morgan fingerprint density at radius 1 is 0.828 bits per heavy atom. The van der Waals surface area contributed by atoms with Crippen LogP contribution in [0.2, 0.25) is 0 Å². The second-order valence-electron chi connectivity index (χ2n) is 6.34. The summed E-state index contributed by atoms with van der Waals surface area (Å²) in [5, 5.41) is 5.61. The normalized spacial score (nSPS) is 10.4. The summed E-state index contributed by atoms with van der Waals surface area (Å²) in [6, 6.07) is 22.2. The number of carbonyl (C=O) groups is 2. The van der Waals surface area contributed by atoms with E-state index in [1.807, 2.05) is 18.2 Å². The molecule has 3 aromatic carbocycles. The van der Waals surface area contributed by atoms with Crippen molar-refractivity contribution in [3.8, 4) is 0 Å². The quantitative estimate of drug-likeness (QED) is 0.529. The lowest BCUT2D eigenvalue weighted by Crippen LogP contribution is -2.25. The van der Waals surface area contributed by atoms with Crippen molar-refractivity contribution in [3.63, 3.8) is 0 Å². The molecule has 0 unspecified atom stereocenters. The Morgan fingerprint density at radius 3 is 2.34 bits per heavy atom. The molecule has 0 heterocycles. The zero-order valence-electron chi connectivity index (χ0n) is 15.7. The molecule has 0 bridgehead atoms. The van der Waals surface area contributed by atoms with E-state index in [1.54, 1.807) is 36.0 Å². The molecule has 0 aliphatic carbocycles. The van der Waals surface area contributed by atoms with Crippen LogP contribution in [0, 0.1) is 5.82 Å². The number of benzene rings is 3. The second kappa shape index (κ2) is 10.4. The number of amides is 2. The molecule has 0 atom stereocenters. The third-order valence-corrected chi connectivity index (χ3v) is 5.16. The maximum Gasteiger partial charge on any atom is 0.255 e. The number of hydrogen-bond acceptors (Lipinski definition) is 3. The standard InChI is InChI=1S/C23H21FN2O2S/c24-20-11-9-18(10-12-20)23(28)26-21-8-4-7-19(15-21)22(27)25-13-14-29-16-17-5-2-1-3-6-17/h1-12,15H,13-14,16H2,(H,25,27)(H,26,28). The first-order valence-electron chi connectivity index (χ1n) is 9.19. The predicted octanol–water partition coefficient (Wildman–Crippen LogP) is 4.74. The maximum atomic E-state index is 13.0. The molecule has 6 heteroatoms. The summed E-state index contributed by atoms with van der Waals surface area (Å²) in [6.45, 7) is 0.558. The van der Waals surface area contributed by atoms with Gasteiger partial charge in [0.15, 0.2) is 0 Å². The monoisotopic (exact) mass is 408 g/mol. The van der Waals surface area contributed by atoms with Gasteiger partial charge in [0.05, 0.1) is 0 Å². The highest BCUT2D eigenvalue weighted by molar-refractivity contribution is 7.98. The summed E-state index contributed by atoms with van der Waals surface area (Å²) in [5.41, 5.74) is 2.57. The van der Waals surface area contributed by atoms with Gasteiger partial charge in [-0.05, 0) is 48.0 Å². The Morgan fingerprint density at radius 2 is 1.59 bits per heavy atom. The van der Waals surface area contributed by atoms with E-state index in [0.717, 1.165) is 11.5 Å². The fourth-order valence-corrected chi connectivity index (χ4v) is 3.46. The molecule has 2 amide bonds. The molecule has 0 aliphatic heterocycles. The van der Waals surface area contributed by atoms with Crippen LogP contribution in [0.15, 0.2) is 78.9 Å². The molecule has 0 saturated heterocycles. The van der Waals surface area contributed by atoms with Crippen LogP contribution in [0.5, 0.6) is 0 Å². The average molecular weight is 408 g/mol. The third kappa shape index (κ3) is 6.47. The largest absolute Gasteiger partial charge is 0.351 e. The molecule has 3 aromatic rings. The van der Waals surface area contributed by atoms with Crippen molar-refractivity contribution >= 4 is 29.3 Å². The second-order valence-corrected chi connectivity index (χ2v) is 7.44. The van der Waals surface area contributed by atoms with Gasteiger partial charge in [-0.1, -0.05) is 36.4 Å². The van der Waals surface area contributed by atoms with E-state index in [4.69, 9.17) is 0 Å². The molecule has 0 aromatic heterocycles. The average Bonchev–Trinajstić information content (AvgIpc) is 2.74. The first-order chi connectivity index (χ1) is 14.1. The number of thioether (sulfide) groups is 1. The van der Waals surface area contributed by atoms with E-state index in [-0.39, 0.29) is 11.8 Å². The van der Waals surface area contributed by atoms with Crippen LogP contribution < -0.4 is 10.6 Å². The molecule has 29 heavy (non-hydrogen) atoms. The van der Waals surface area contributed by atoms with E-state index < -0.39 is 5.82 Å². The Balaban J connectivity index is 1.47. The fourth-order valence-electron chi connectivity index (χ4n) is 2.65. The number of hydrogen-bond donors (Lipinski definition) is 2. The molecular formula is C23H21FN2O2S. The van der Waals surface area contributed by atoms with Crippen LogP contribution in [0.1, 0.15) is 26.3 Å². The van der Waals surface area contributed by atoms with Gasteiger partial charge in [-0.25, -0.2) is 4.39 Å². The van der Waals surface area contributed by atoms with Crippen molar-refractivity contribution in [3.05, 3.63) is 101 Å². The van der Waals surface area contributed by atoms with Crippen LogP contribution in [0.4, 0.5) is 10.1 Å². The highest BCUT2D eigenvalue weighted by Crippen LogP contribution is 2.14. The van der Waals surface area contributed by atoms with Crippen LogP contribution >= 0.6 is 11.8 Å². The minimum absolute atomic E-state index is 0.191. The molecule has 3 rings (SSSR count). The molecule has 148 valence electrons. The molecule has 0 radical (unpaired) electrons. The highest BCUT2D eigenvalue weighted by Gasteiger charge is 2.09. The van der Waals surface area contributed by atoms with Crippen LogP contribution in [-0.4, -0.2) is 24.1 Å². The smallest absolute Gasteiger partial charge is 0.255 e. The van der Waals surface area contributed by atoms with Crippen molar-refractivity contribution < 1.29 is 14.0 Å². The lowest BCUT2D eigenvalue weighted by Gasteiger charge is -2.09. The minimum atomic E-state index is -0.401. The van der Waals surface area contributed by atoms with Gasteiger partial charge in [0.2, 0.25) is 0 Å². The zero-order valence-corrected chi connectivity index (χ0v) is 16.5. The van der Waals surface area contributed by atoms with Crippen molar-refractivity contribution in [2.45, 2.75) is 5.75 Å². The number of nitrogens with one attached hydrogen (secondary N) is 2. The van der Waals surface area contributed by atoms with E-state index in [2.05, 4.69) is 22.8 Å². The molecule has 0 aliphatic rings. The summed E-state index contributed by atoms with van der Waals surface area (Å²) in [4.78, 5) is 24.6. The van der Waals surface area contributed by atoms with Gasteiger partial charge in [-0.2, -0.15) is 11.8 Å². The summed E-state index contributed by atoms with van der Waals surface area (Å²) < 4.78 is 13.0. The van der Waals surface area contributed by atoms with Gasteiger partial charge in [0.25, 0.3) is 11.8 Å². The first kappa shape index (κ1) is 20.6. The summed E-state index contributed by atoms with van der Waals surface area (Å²) in [7, 11) is 0. The lowest BCUT2D eigenvalue weighted by atomic mass is 10.1. The van der Waals surface area contributed by atoms with E-state index >= 15 is 0 Å². The van der Waals surface area contributed by atoms with Gasteiger partial charge >= 0.3 is 0 Å². The number of carbonyl (C=O) groups excluding carboxylic acids is 2. The van der Waals surface area contributed by atoms with Gasteiger partial charge in [0.1, 0.15) is 5.82 Å². The topological polar surface area (TPSA) is 58.2 Å². The van der Waals surface area contributed by atoms with Crippen molar-refractivity contribution in [2.75, 3.05) is 17.6 Å². The molecule has 0 spiro atoms. The van der Waals surface area contributed by atoms with Crippen LogP contribution in [-0.2, 0) is 5.75 Å². The number of anilines is 1. The number of rotatable bonds is 8. The van der Waals surface area contributed by atoms with Crippen molar-refractivity contribution in [1.82, 2.24) is 5.32 Å². The summed E-state index contributed by atoms with van der Waals surface area (Å²) in [5.74, 6) is 0.758. The van der Waals surface area contributed by atoms with Crippen LogP contribution in [0.3, 0.4) is 0 Å². The summed E-state index contributed by atoms with van der Waals surface area (Å²) >= 11 is 1.76. The van der Waals surface area contributed by atoms with Gasteiger partial charge in [-0.3, -0.25) is 9.59 Å².